The Kier molecular flexibility index (Phi) is 5.53. The van der Waals surface area contributed by atoms with Crippen LogP contribution in [0.4, 0.5) is 0 Å². The Labute approximate surface area is 200 Å². The lowest BCUT2D eigenvalue weighted by molar-refractivity contribution is -0.136. The Hall–Kier alpha value is -4.52. The van der Waals surface area contributed by atoms with Crippen LogP contribution in [0.5, 0.6) is 11.5 Å². The lowest BCUT2D eigenvalue weighted by Gasteiger charge is -2.09. The first-order valence-corrected chi connectivity index (χ1v) is 10.9. The van der Waals surface area contributed by atoms with Gasteiger partial charge in [0.15, 0.2) is 0 Å². The molecular weight excluding hydrogens is 448 g/mol. The zero-order valence-corrected chi connectivity index (χ0v) is 19.4. The van der Waals surface area contributed by atoms with Crippen molar-refractivity contribution < 1.29 is 28.2 Å². The van der Waals surface area contributed by atoms with Gasteiger partial charge < -0.3 is 23.4 Å². The fourth-order valence-corrected chi connectivity index (χ4v) is 4.39. The second-order valence-electron chi connectivity index (χ2n) is 8.12. The summed E-state index contributed by atoms with van der Waals surface area (Å²) in [6.07, 6.45) is -0.295. The molecule has 3 aromatic carbocycles. The molecular formula is C28H22O7. The molecule has 2 aromatic heterocycles. The van der Waals surface area contributed by atoms with Crippen molar-refractivity contribution in [3.05, 3.63) is 82.2 Å². The van der Waals surface area contributed by atoms with Crippen LogP contribution in [0.3, 0.4) is 0 Å². The molecule has 0 amide bonds. The summed E-state index contributed by atoms with van der Waals surface area (Å²) in [5.74, 6) is 1.17. The fraction of sp³-hybridized carbons (Fsp3) is 0.143. The molecule has 1 N–H and O–H groups in total. The lowest BCUT2D eigenvalue weighted by atomic mass is 9.98. The molecule has 0 spiro atoms. The highest BCUT2D eigenvalue weighted by Crippen LogP contribution is 2.39. The van der Waals surface area contributed by atoms with Crippen LogP contribution < -0.4 is 14.9 Å². The van der Waals surface area contributed by atoms with E-state index in [1.54, 1.807) is 81.8 Å². The van der Waals surface area contributed by atoms with Gasteiger partial charge in [0.25, 0.3) is 0 Å². The van der Waals surface area contributed by atoms with Gasteiger partial charge in [-0.05, 0) is 61.0 Å². The zero-order chi connectivity index (χ0) is 24.7. The molecule has 0 aliphatic heterocycles. The number of rotatable bonds is 6. The molecule has 0 bridgehead atoms. The monoisotopic (exact) mass is 470 g/mol. The standard InChI is InChI=1S/C28H22O7/c1-15-24(16-4-8-18(32-2)9-5-16)26(31)20-12-13-22-25(28(20)34-15)21(14-23(29)30)27(35-22)17-6-10-19(33-3)11-7-17/h4-13H,14H2,1-3H3,(H,29,30). The highest BCUT2D eigenvalue weighted by atomic mass is 16.5. The quantitative estimate of drug-likeness (QED) is 0.333. The number of benzene rings is 3. The summed E-state index contributed by atoms with van der Waals surface area (Å²) in [6.45, 7) is 1.72. The molecule has 2 heterocycles. The zero-order valence-electron chi connectivity index (χ0n) is 19.4. The van der Waals surface area contributed by atoms with Crippen LogP contribution in [0.1, 0.15) is 11.3 Å². The van der Waals surface area contributed by atoms with Gasteiger partial charge in [-0.2, -0.15) is 0 Å². The van der Waals surface area contributed by atoms with Crippen molar-refractivity contribution in [3.63, 3.8) is 0 Å². The van der Waals surface area contributed by atoms with Gasteiger partial charge in [0.2, 0.25) is 5.43 Å². The number of aryl methyl sites for hydroxylation is 1. The van der Waals surface area contributed by atoms with E-state index < -0.39 is 5.97 Å². The summed E-state index contributed by atoms with van der Waals surface area (Å²) in [7, 11) is 3.15. The number of ether oxygens (including phenoxy) is 2. The predicted octanol–water partition coefficient (Wildman–Crippen LogP) is 5.83. The van der Waals surface area contributed by atoms with E-state index in [2.05, 4.69) is 0 Å². The summed E-state index contributed by atoms with van der Waals surface area (Å²) in [6, 6.07) is 17.7. The van der Waals surface area contributed by atoms with Gasteiger partial charge in [-0.3, -0.25) is 9.59 Å². The Balaban J connectivity index is 1.78. The molecule has 0 saturated carbocycles. The average molecular weight is 470 g/mol. The molecule has 5 aromatic rings. The molecule has 0 aliphatic rings. The minimum atomic E-state index is -1.02. The fourth-order valence-electron chi connectivity index (χ4n) is 4.39. The van der Waals surface area contributed by atoms with Crippen molar-refractivity contribution in [2.24, 2.45) is 0 Å². The van der Waals surface area contributed by atoms with E-state index in [4.69, 9.17) is 18.3 Å². The molecule has 0 aliphatic carbocycles. The molecule has 5 rings (SSSR count). The number of aliphatic carboxylic acids is 1. The van der Waals surface area contributed by atoms with Gasteiger partial charge in [-0.25, -0.2) is 0 Å². The maximum absolute atomic E-state index is 13.6. The molecule has 0 atom stereocenters. The molecule has 176 valence electrons. The van der Waals surface area contributed by atoms with E-state index in [0.29, 0.717) is 67.2 Å². The minimum Gasteiger partial charge on any atom is -0.497 e. The molecule has 7 nitrogen and oxygen atoms in total. The smallest absolute Gasteiger partial charge is 0.307 e. The van der Waals surface area contributed by atoms with Gasteiger partial charge in [0.05, 0.1) is 37.0 Å². The van der Waals surface area contributed by atoms with Crippen LogP contribution in [-0.2, 0) is 11.2 Å². The van der Waals surface area contributed by atoms with Crippen molar-refractivity contribution in [1.82, 2.24) is 0 Å². The van der Waals surface area contributed by atoms with Gasteiger partial charge >= 0.3 is 5.97 Å². The Bertz CT molecular complexity index is 1620. The van der Waals surface area contributed by atoms with Gasteiger partial charge in [0.1, 0.15) is 34.2 Å². The van der Waals surface area contributed by atoms with Crippen molar-refractivity contribution in [2.45, 2.75) is 13.3 Å². The highest BCUT2D eigenvalue weighted by molar-refractivity contribution is 6.08. The van der Waals surface area contributed by atoms with E-state index in [0.717, 1.165) is 0 Å². The summed E-state index contributed by atoms with van der Waals surface area (Å²) < 4.78 is 22.7. The van der Waals surface area contributed by atoms with Gasteiger partial charge in [0, 0.05) is 11.1 Å². The number of fused-ring (bicyclic) bond motifs is 3. The lowest BCUT2D eigenvalue weighted by Crippen LogP contribution is -2.08. The predicted molar refractivity (Wildman–Crippen MR) is 132 cm³/mol. The molecule has 0 saturated heterocycles. The first kappa shape index (κ1) is 22.3. The topological polar surface area (TPSA) is 99.1 Å². The van der Waals surface area contributed by atoms with Crippen LogP contribution in [0.25, 0.3) is 44.4 Å². The Morgan fingerprint density at radius 1 is 0.857 bits per heavy atom. The van der Waals surface area contributed by atoms with Gasteiger partial charge in [-0.15, -0.1) is 0 Å². The molecule has 35 heavy (non-hydrogen) atoms. The number of carboxylic acid groups (broad SMARTS) is 1. The van der Waals surface area contributed by atoms with Crippen LogP contribution in [0.15, 0.2) is 74.3 Å². The second kappa shape index (κ2) is 8.68. The molecule has 7 heteroatoms. The van der Waals surface area contributed by atoms with Crippen LogP contribution >= 0.6 is 0 Å². The van der Waals surface area contributed by atoms with E-state index in [-0.39, 0.29) is 11.8 Å². The second-order valence-corrected chi connectivity index (χ2v) is 8.12. The normalized spacial score (nSPS) is 11.2. The van der Waals surface area contributed by atoms with Crippen molar-refractivity contribution in [2.75, 3.05) is 14.2 Å². The third-order valence-corrected chi connectivity index (χ3v) is 6.05. The van der Waals surface area contributed by atoms with Crippen LogP contribution in [0, 0.1) is 6.92 Å². The van der Waals surface area contributed by atoms with E-state index >= 15 is 0 Å². The van der Waals surface area contributed by atoms with E-state index in [9.17, 15) is 14.7 Å². The maximum atomic E-state index is 13.6. The number of furan rings is 1. The number of hydrogen-bond donors (Lipinski definition) is 1. The van der Waals surface area contributed by atoms with E-state index in [1.165, 1.54) is 0 Å². The summed E-state index contributed by atoms with van der Waals surface area (Å²) in [5.41, 5.74) is 2.84. The first-order chi connectivity index (χ1) is 16.9. The molecule has 0 radical (unpaired) electrons. The molecule has 0 unspecified atom stereocenters. The summed E-state index contributed by atoms with van der Waals surface area (Å²) >= 11 is 0. The Morgan fingerprint density at radius 2 is 1.46 bits per heavy atom. The number of methoxy groups -OCH3 is 2. The van der Waals surface area contributed by atoms with Crippen LogP contribution in [-0.4, -0.2) is 25.3 Å². The summed E-state index contributed by atoms with van der Waals surface area (Å²) in [4.78, 5) is 25.4. The van der Waals surface area contributed by atoms with Gasteiger partial charge in [-0.1, -0.05) is 12.1 Å². The largest absolute Gasteiger partial charge is 0.497 e. The maximum Gasteiger partial charge on any atom is 0.307 e. The van der Waals surface area contributed by atoms with E-state index in [1.807, 2.05) is 0 Å². The number of carboxylic acids is 1. The van der Waals surface area contributed by atoms with Crippen molar-refractivity contribution in [3.8, 4) is 33.9 Å². The Morgan fingerprint density at radius 3 is 2.03 bits per heavy atom. The third kappa shape index (κ3) is 3.81. The average Bonchev–Trinajstić information content (AvgIpc) is 3.22. The molecule has 0 fully saturated rings. The third-order valence-electron chi connectivity index (χ3n) is 6.05. The summed E-state index contributed by atoms with van der Waals surface area (Å²) in [5, 5.41) is 10.5. The first-order valence-electron chi connectivity index (χ1n) is 10.9. The van der Waals surface area contributed by atoms with Crippen LogP contribution in [0.2, 0.25) is 0 Å². The van der Waals surface area contributed by atoms with Crippen molar-refractivity contribution in [1.29, 1.82) is 0 Å². The highest BCUT2D eigenvalue weighted by Gasteiger charge is 2.24. The number of hydrogen-bond acceptors (Lipinski definition) is 6. The minimum absolute atomic E-state index is 0.204. The SMILES string of the molecule is COc1ccc(-c2oc3ccc4c(=O)c(-c5ccc(OC)cc5)c(C)oc4c3c2CC(=O)O)cc1. The number of carbonyl (C=O) groups is 1. The van der Waals surface area contributed by atoms with Crippen molar-refractivity contribution >= 4 is 27.9 Å².